The van der Waals surface area contributed by atoms with Crippen LogP contribution in [0.3, 0.4) is 0 Å². The minimum atomic E-state index is -1.01. The van der Waals surface area contributed by atoms with Crippen molar-refractivity contribution in [2.75, 3.05) is 19.6 Å². The highest BCUT2D eigenvalue weighted by Crippen LogP contribution is 2.18. The Labute approximate surface area is 155 Å². The van der Waals surface area contributed by atoms with E-state index >= 15 is 0 Å². The number of aliphatic carboxylic acids is 1. The molecule has 0 aliphatic heterocycles. The maximum atomic E-state index is 12.3. The van der Waals surface area contributed by atoms with E-state index in [4.69, 9.17) is 5.73 Å². The molecule has 0 aliphatic rings. The SMILES string of the molecule is NCCCNC(=O)c1ccc(C(=O)NCC(C(=O)O)c2ccccc2)s1. The molecule has 2 aromatic rings. The third-order valence-corrected chi connectivity index (χ3v) is 4.77. The average molecular weight is 375 g/mol. The smallest absolute Gasteiger partial charge is 0.312 e. The lowest BCUT2D eigenvalue weighted by Gasteiger charge is -2.13. The maximum Gasteiger partial charge on any atom is 0.312 e. The predicted molar refractivity (Wildman–Crippen MR) is 99.5 cm³/mol. The van der Waals surface area contributed by atoms with E-state index in [0.29, 0.717) is 34.8 Å². The fourth-order valence-electron chi connectivity index (χ4n) is 2.29. The van der Waals surface area contributed by atoms with Gasteiger partial charge >= 0.3 is 5.97 Å². The molecular formula is C18H21N3O4S. The van der Waals surface area contributed by atoms with Crippen molar-refractivity contribution in [3.8, 4) is 0 Å². The molecule has 8 heteroatoms. The van der Waals surface area contributed by atoms with Crippen LogP contribution in [0.25, 0.3) is 0 Å². The van der Waals surface area contributed by atoms with Crippen LogP contribution in [0, 0.1) is 0 Å². The molecule has 7 nitrogen and oxygen atoms in total. The Kier molecular flexibility index (Phi) is 7.31. The molecule has 1 aromatic heterocycles. The highest BCUT2D eigenvalue weighted by atomic mass is 32.1. The summed E-state index contributed by atoms with van der Waals surface area (Å²) in [4.78, 5) is 36.4. The summed E-state index contributed by atoms with van der Waals surface area (Å²) in [6, 6.07) is 11.8. The predicted octanol–water partition coefficient (Wildman–Crippen LogP) is 1.42. The van der Waals surface area contributed by atoms with Gasteiger partial charge in [0.25, 0.3) is 11.8 Å². The molecule has 1 atom stereocenters. The molecule has 0 bridgehead atoms. The van der Waals surface area contributed by atoms with E-state index in [1.54, 1.807) is 42.5 Å². The van der Waals surface area contributed by atoms with Crippen molar-refractivity contribution in [3.63, 3.8) is 0 Å². The van der Waals surface area contributed by atoms with E-state index < -0.39 is 17.8 Å². The van der Waals surface area contributed by atoms with Gasteiger partial charge in [0.2, 0.25) is 0 Å². The van der Waals surface area contributed by atoms with E-state index in [2.05, 4.69) is 10.6 Å². The lowest BCUT2D eigenvalue weighted by Crippen LogP contribution is -2.31. The van der Waals surface area contributed by atoms with Gasteiger partial charge in [0.15, 0.2) is 0 Å². The molecule has 0 spiro atoms. The first-order valence-electron chi connectivity index (χ1n) is 8.17. The van der Waals surface area contributed by atoms with E-state index in [-0.39, 0.29) is 12.5 Å². The van der Waals surface area contributed by atoms with Gasteiger partial charge in [-0.05, 0) is 30.7 Å². The summed E-state index contributed by atoms with van der Waals surface area (Å²) < 4.78 is 0. The second-order valence-corrected chi connectivity index (χ2v) is 6.66. The Morgan fingerprint density at radius 2 is 1.62 bits per heavy atom. The van der Waals surface area contributed by atoms with Crippen molar-refractivity contribution >= 4 is 29.1 Å². The first-order valence-corrected chi connectivity index (χ1v) is 8.98. The number of amides is 2. The van der Waals surface area contributed by atoms with Crippen LogP contribution >= 0.6 is 11.3 Å². The van der Waals surface area contributed by atoms with Gasteiger partial charge in [0, 0.05) is 13.1 Å². The number of nitrogens with one attached hydrogen (secondary N) is 2. The largest absolute Gasteiger partial charge is 0.481 e. The number of nitrogens with two attached hydrogens (primary N) is 1. The number of carboxylic acid groups (broad SMARTS) is 1. The number of carbonyl (C=O) groups excluding carboxylic acids is 2. The highest BCUT2D eigenvalue weighted by Gasteiger charge is 2.21. The van der Waals surface area contributed by atoms with Crippen LogP contribution in [0.5, 0.6) is 0 Å². The van der Waals surface area contributed by atoms with E-state index in [0.717, 1.165) is 11.3 Å². The van der Waals surface area contributed by atoms with Crippen LogP contribution in [-0.2, 0) is 4.79 Å². The summed E-state index contributed by atoms with van der Waals surface area (Å²) in [6.45, 7) is 0.935. The van der Waals surface area contributed by atoms with Crippen LogP contribution in [0.1, 0.15) is 37.2 Å². The van der Waals surface area contributed by atoms with Crippen LogP contribution in [0.2, 0.25) is 0 Å². The Bertz CT molecular complexity index is 761. The number of hydrogen-bond acceptors (Lipinski definition) is 5. The lowest BCUT2D eigenvalue weighted by atomic mass is 9.99. The zero-order chi connectivity index (χ0) is 18.9. The fraction of sp³-hybridized carbons (Fsp3) is 0.278. The van der Waals surface area contributed by atoms with E-state index in [1.807, 2.05) is 0 Å². The Hall–Kier alpha value is -2.71. The molecule has 1 aromatic carbocycles. The molecule has 1 heterocycles. The fourth-order valence-corrected chi connectivity index (χ4v) is 3.13. The van der Waals surface area contributed by atoms with E-state index in [9.17, 15) is 19.5 Å². The summed E-state index contributed by atoms with van der Waals surface area (Å²) in [5.41, 5.74) is 5.99. The van der Waals surface area contributed by atoms with Crippen molar-refractivity contribution in [3.05, 3.63) is 57.8 Å². The number of rotatable bonds is 9. The molecule has 138 valence electrons. The molecule has 1 unspecified atom stereocenters. The summed E-state index contributed by atoms with van der Waals surface area (Å²) in [7, 11) is 0. The van der Waals surface area contributed by atoms with Gasteiger partial charge in [-0.1, -0.05) is 30.3 Å². The molecule has 0 saturated carbocycles. The minimum Gasteiger partial charge on any atom is -0.481 e. The van der Waals surface area contributed by atoms with Crippen LogP contribution < -0.4 is 16.4 Å². The average Bonchev–Trinajstić information content (AvgIpc) is 3.13. The molecule has 0 saturated heterocycles. The zero-order valence-corrected chi connectivity index (χ0v) is 14.9. The van der Waals surface area contributed by atoms with Gasteiger partial charge in [0.05, 0.1) is 15.7 Å². The quantitative estimate of drug-likeness (QED) is 0.494. The molecule has 0 radical (unpaired) electrons. The van der Waals surface area contributed by atoms with Crippen molar-refractivity contribution in [1.29, 1.82) is 0 Å². The minimum absolute atomic E-state index is 0.0336. The van der Waals surface area contributed by atoms with Gasteiger partial charge in [0.1, 0.15) is 0 Å². The lowest BCUT2D eigenvalue weighted by molar-refractivity contribution is -0.138. The van der Waals surface area contributed by atoms with E-state index in [1.165, 1.54) is 0 Å². The van der Waals surface area contributed by atoms with Crippen molar-refractivity contribution in [2.45, 2.75) is 12.3 Å². The van der Waals surface area contributed by atoms with Crippen molar-refractivity contribution in [1.82, 2.24) is 10.6 Å². The van der Waals surface area contributed by atoms with Crippen LogP contribution in [-0.4, -0.2) is 42.5 Å². The number of benzene rings is 1. The molecule has 5 N–H and O–H groups in total. The monoisotopic (exact) mass is 375 g/mol. The summed E-state index contributed by atoms with van der Waals surface area (Å²) in [5, 5.41) is 14.7. The zero-order valence-electron chi connectivity index (χ0n) is 14.1. The topological polar surface area (TPSA) is 122 Å². The van der Waals surface area contributed by atoms with Crippen LogP contribution in [0.4, 0.5) is 0 Å². The standard InChI is InChI=1S/C18H21N3O4S/c19-9-4-10-20-16(22)14-7-8-15(26-14)17(23)21-11-13(18(24)25)12-5-2-1-3-6-12/h1-3,5-8,13H,4,9-11,19H2,(H,20,22)(H,21,23)(H,24,25). The number of carboxylic acids is 1. The van der Waals surface area contributed by atoms with Gasteiger partial charge in [-0.15, -0.1) is 11.3 Å². The summed E-state index contributed by atoms with van der Waals surface area (Å²) in [6.07, 6.45) is 0.681. The molecule has 0 aliphatic carbocycles. The second kappa shape index (κ2) is 9.69. The summed E-state index contributed by atoms with van der Waals surface area (Å²) in [5.74, 6) is -2.50. The molecule has 0 fully saturated rings. The first-order chi connectivity index (χ1) is 12.5. The Morgan fingerprint density at radius 3 is 2.19 bits per heavy atom. The molecule has 2 rings (SSSR count). The number of thiophene rings is 1. The van der Waals surface area contributed by atoms with Gasteiger partial charge in [-0.3, -0.25) is 14.4 Å². The van der Waals surface area contributed by atoms with Gasteiger partial charge in [-0.25, -0.2) is 0 Å². The highest BCUT2D eigenvalue weighted by molar-refractivity contribution is 7.15. The number of hydrogen-bond donors (Lipinski definition) is 4. The molecular weight excluding hydrogens is 354 g/mol. The van der Waals surface area contributed by atoms with Crippen molar-refractivity contribution in [2.24, 2.45) is 5.73 Å². The summed E-state index contributed by atoms with van der Waals surface area (Å²) >= 11 is 1.06. The maximum absolute atomic E-state index is 12.3. The normalized spacial score (nSPS) is 11.6. The van der Waals surface area contributed by atoms with Crippen LogP contribution in [0.15, 0.2) is 42.5 Å². The molecule has 26 heavy (non-hydrogen) atoms. The van der Waals surface area contributed by atoms with Gasteiger partial charge < -0.3 is 21.5 Å². The first kappa shape index (κ1) is 19.6. The Balaban J connectivity index is 1.95. The third-order valence-electron chi connectivity index (χ3n) is 3.69. The molecule has 2 amide bonds. The van der Waals surface area contributed by atoms with Crippen molar-refractivity contribution < 1.29 is 19.5 Å². The number of carbonyl (C=O) groups is 3. The Morgan fingerprint density at radius 1 is 1.00 bits per heavy atom. The second-order valence-electron chi connectivity index (χ2n) is 5.57. The third kappa shape index (κ3) is 5.40. The van der Waals surface area contributed by atoms with Gasteiger partial charge in [-0.2, -0.15) is 0 Å².